The third kappa shape index (κ3) is 4.57. The summed E-state index contributed by atoms with van der Waals surface area (Å²) in [7, 11) is 0. The lowest BCUT2D eigenvalue weighted by atomic mass is 9.93. The Morgan fingerprint density at radius 3 is 2.53 bits per heavy atom. The second kappa shape index (κ2) is 9.00. The quantitative estimate of drug-likeness (QED) is 0.506. The van der Waals surface area contributed by atoms with Gasteiger partial charge in [-0.05, 0) is 44.4 Å². The normalized spacial score (nSPS) is 14.6. The van der Waals surface area contributed by atoms with Gasteiger partial charge in [0.2, 0.25) is 11.7 Å². The van der Waals surface area contributed by atoms with Crippen LogP contribution in [0.1, 0.15) is 59.5 Å². The Hall–Kier alpha value is -2.66. The lowest BCUT2D eigenvalue weighted by Gasteiger charge is -2.33. The monoisotopic (exact) mass is 423 g/mol. The van der Waals surface area contributed by atoms with E-state index in [2.05, 4.69) is 10.1 Å². The Kier molecular flexibility index (Phi) is 6.18. The molecule has 0 unspecified atom stereocenters. The summed E-state index contributed by atoms with van der Waals surface area (Å²) in [6, 6.07) is 13.6. The Bertz CT molecular complexity index is 1020. The lowest BCUT2D eigenvalue weighted by Crippen LogP contribution is -2.41. The number of hydrogen-bond acceptors (Lipinski definition) is 4. The lowest BCUT2D eigenvalue weighted by molar-refractivity contribution is 0.0586. The van der Waals surface area contributed by atoms with Crippen molar-refractivity contribution < 1.29 is 9.32 Å². The number of nitrogens with zero attached hydrogens (tertiary/aromatic N) is 3. The first kappa shape index (κ1) is 20.6. The molecule has 156 valence electrons. The minimum atomic E-state index is -0.0427. The highest BCUT2D eigenvalue weighted by molar-refractivity contribution is 6.31. The number of halogens is 1. The fourth-order valence-electron chi connectivity index (χ4n) is 3.94. The van der Waals surface area contributed by atoms with E-state index in [9.17, 15) is 4.79 Å². The molecule has 3 aromatic rings. The second-order valence-electron chi connectivity index (χ2n) is 8.07. The first-order chi connectivity index (χ1) is 14.5. The topological polar surface area (TPSA) is 59.2 Å². The molecule has 2 aromatic carbocycles. The van der Waals surface area contributed by atoms with Crippen molar-refractivity contribution in [3.8, 4) is 11.4 Å². The maximum atomic E-state index is 13.4. The summed E-state index contributed by atoms with van der Waals surface area (Å²) >= 11 is 6.28. The van der Waals surface area contributed by atoms with Gasteiger partial charge in [0.1, 0.15) is 6.54 Å². The van der Waals surface area contributed by atoms with Gasteiger partial charge in [-0.15, -0.1) is 0 Å². The van der Waals surface area contributed by atoms with E-state index in [1.165, 1.54) is 12.0 Å². The van der Waals surface area contributed by atoms with E-state index in [1.807, 2.05) is 55.1 Å². The molecule has 1 aromatic heterocycles. The van der Waals surface area contributed by atoms with E-state index in [4.69, 9.17) is 16.1 Å². The van der Waals surface area contributed by atoms with Gasteiger partial charge in [0.15, 0.2) is 0 Å². The molecule has 0 spiro atoms. The third-order valence-corrected chi connectivity index (χ3v) is 6.19. The number of hydrogen-bond donors (Lipinski definition) is 0. The van der Waals surface area contributed by atoms with Crippen LogP contribution in [0.15, 0.2) is 47.0 Å². The van der Waals surface area contributed by atoms with Crippen LogP contribution in [0.5, 0.6) is 0 Å². The van der Waals surface area contributed by atoms with Crippen molar-refractivity contribution in [3.05, 3.63) is 70.1 Å². The van der Waals surface area contributed by atoms with Crippen molar-refractivity contribution >= 4 is 17.5 Å². The number of rotatable bonds is 5. The summed E-state index contributed by atoms with van der Waals surface area (Å²) in [4.78, 5) is 19.8. The van der Waals surface area contributed by atoms with Gasteiger partial charge in [0.05, 0.1) is 0 Å². The van der Waals surface area contributed by atoms with Gasteiger partial charge in [0, 0.05) is 22.2 Å². The SMILES string of the molecule is Cc1ccc(-c2noc(CN(C(=O)c3ccc(C)c(Cl)c3)C3CCCCC3)n2)cc1. The highest BCUT2D eigenvalue weighted by Gasteiger charge is 2.28. The highest BCUT2D eigenvalue weighted by Crippen LogP contribution is 2.27. The summed E-state index contributed by atoms with van der Waals surface area (Å²) < 4.78 is 5.52. The van der Waals surface area contributed by atoms with Crippen LogP contribution in [0, 0.1) is 13.8 Å². The molecule has 1 heterocycles. The summed E-state index contributed by atoms with van der Waals surface area (Å²) in [5.74, 6) is 0.945. The molecule has 1 fully saturated rings. The molecule has 0 saturated heterocycles. The number of aromatic nitrogens is 2. The molecule has 30 heavy (non-hydrogen) atoms. The fraction of sp³-hybridized carbons (Fsp3) is 0.375. The van der Waals surface area contributed by atoms with E-state index in [0.717, 1.165) is 36.8 Å². The van der Waals surface area contributed by atoms with Gasteiger partial charge < -0.3 is 9.42 Å². The average molecular weight is 424 g/mol. The first-order valence-corrected chi connectivity index (χ1v) is 10.9. The average Bonchev–Trinajstić information content (AvgIpc) is 3.23. The van der Waals surface area contributed by atoms with Gasteiger partial charge in [-0.2, -0.15) is 4.98 Å². The van der Waals surface area contributed by atoms with Crippen molar-refractivity contribution in [1.82, 2.24) is 15.0 Å². The van der Waals surface area contributed by atoms with Crippen molar-refractivity contribution in [1.29, 1.82) is 0 Å². The predicted octanol–water partition coefficient (Wildman–Crippen LogP) is 5.98. The van der Waals surface area contributed by atoms with Crippen LogP contribution in [0.2, 0.25) is 5.02 Å². The molecule has 0 radical (unpaired) electrons. The van der Waals surface area contributed by atoms with Crippen LogP contribution in [-0.4, -0.2) is 27.0 Å². The fourth-order valence-corrected chi connectivity index (χ4v) is 4.12. The molecule has 1 aliphatic carbocycles. The van der Waals surface area contributed by atoms with E-state index in [-0.39, 0.29) is 11.9 Å². The standard InChI is InChI=1S/C24H26ClN3O2/c1-16-8-11-18(12-9-16)23-26-22(30-27-23)15-28(20-6-4-3-5-7-20)24(29)19-13-10-17(2)21(25)14-19/h8-14,20H,3-7,15H2,1-2H3. The number of carbonyl (C=O) groups excluding carboxylic acids is 1. The van der Waals surface area contributed by atoms with Crippen LogP contribution in [0.3, 0.4) is 0 Å². The van der Waals surface area contributed by atoms with Crippen molar-refractivity contribution in [2.45, 2.75) is 58.5 Å². The van der Waals surface area contributed by atoms with Gasteiger partial charge in [-0.1, -0.05) is 71.9 Å². The molecule has 0 atom stereocenters. The third-order valence-electron chi connectivity index (χ3n) is 5.78. The van der Waals surface area contributed by atoms with Crippen LogP contribution in [-0.2, 0) is 6.54 Å². The summed E-state index contributed by atoms with van der Waals surface area (Å²) in [5.41, 5.74) is 3.62. The Morgan fingerprint density at radius 1 is 1.10 bits per heavy atom. The van der Waals surface area contributed by atoms with Gasteiger partial charge in [-0.3, -0.25) is 4.79 Å². The van der Waals surface area contributed by atoms with Gasteiger partial charge in [0.25, 0.3) is 5.91 Å². The number of benzene rings is 2. The Balaban J connectivity index is 1.59. The molecule has 4 rings (SSSR count). The zero-order valence-electron chi connectivity index (χ0n) is 17.4. The second-order valence-corrected chi connectivity index (χ2v) is 8.47. The number of carbonyl (C=O) groups is 1. The van der Waals surface area contributed by atoms with E-state index >= 15 is 0 Å². The number of aryl methyl sites for hydroxylation is 2. The zero-order valence-corrected chi connectivity index (χ0v) is 18.2. The molecule has 6 heteroatoms. The van der Waals surface area contributed by atoms with E-state index in [0.29, 0.717) is 28.8 Å². The molecule has 1 aliphatic rings. The molecule has 0 bridgehead atoms. The Morgan fingerprint density at radius 2 is 1.83 bits per heavy atom. The summed E-state index contributed by atoms with van der Waals surface area (Å²) in [6.45, 7) is 4.27. The molecular formula is C24H26ClN3O2. The maximum absolute atomic E-state index is 13.4. The minimum Gasteiger partial charge on any atom is -0.337 e. The van der Waals surface area contributed by atoms with Gasteiger partial charge in [-0.25, -0.2) is 0 Å². The van der Waals surface area contributed by atoms with Crippen molar-refractivity contribution in [2.75, 3.05) is 0 Å². The highest BCUT2D eigenvalue weighted by atomic mass is 35.5. The molecule has 0 N–H and O–H groups in total. The summed E-state index contributed by atoms with van der Waals surface area (Å²) in [5, 5.41) is 4.73. The molecule has 5 nitrogen and oxygen atoms in total. The van der Waals surface area contributed by atoms with Crippen LogP contribution in [0.4, 0.5) is 0 Å². The largest absolute Gasteiger partial charge is 0.337 e. The van der Waals surface area contributed by atoms with Crippen LogP contribution >= 0.6 is 11.6 Å². The van der Waals surface area contributed by atoms with E-state index < -0.39 is 0 Å². The van der Waals surface area contributed by atoms with Gasteiger partial charge >= 0.3 is 0 Å². The summed E-state index contributed by atoms with van der Waals surface area (Å²) in [6.07, 6.45) is 5.45. The minimum absolute atomic E-state index is 0.0427. The number of amides is 1. The van der Waals surface area contributed by atoms with Crippen LogP contribution in [0.25, 0.3) is 11.4 Å². The van der Waals surface area contributed by atoms with E-state index in [1.54, 1.807) is 6.07 Å². The molecule has 1 amide bonds. The molecular weight excluding hydrogens is 398 g/mol. The zero-order chi connectivity index (χ0) is 21.1. The molecule has 0 aliphatic heterocycles. The smallest absolute Gasteiger partial charge is 0.254 e. The van der Waals surface area contributed by atoms with Crippen LogP contribution < -0.4 is 0 Å². The molecule has 1 saturated carbocycles. The Labute approximate surface area is 182 Å². The first-order valence-electron chi connectivity index (χ1n) is 10.5. The van der Waals surface area contributed by atoms with Crippen molar-refractivity contribution in [2.24, 2.45) is 0 Å². The predicted molar refractivity (Wildman–Crippen MR) is 117 cm³/mol. The van der Waals surface area contributed by atoms with Crippen molar-refractivity contribution in [3.63, 3.8) is 0 Å². The maximum Gasteiger partial charge on any atom is 0.254 e.